The maximum absolute atomic E-state index is 13.1. The van der Waals surface area contributed by atoms with E-state index in [9.17, 15) is 9.59 Å². The van der Waals surface area contributed by atoms with Gasteiger partial charge in [-0.1, -0.05) is 38.4 Å². The van der Waals surface area contributed by atoms with Crippen molar-refractivity contribution in [2.24, 2.45) is 16.2 Å². The molecular formula is C18H22ClNO2. The van der Waals surface area contributed by atoms with Gasteiger partial charge in [-0.2, -0.15) is 0 Å². The maximum atomic E-state index is 13.1. The number of Topliss-reactive ketones (excluding diaryl/α,β-unsaturated/α-hetero) is 1. The lowest BCUT2D eigenvalue weighted by atomic mass is 9.64. The van der Waals surface area contributed by atoms with Gasteiger partial charge in [-0.3, -0.25) is 9.59 Å². The fourth-order valence-electron chi connectivity index (χ4n) is 4.33. The number of carbonyl (C=O) groups excluding carboxylic acids is 2. The third kappa shape index (κ3) is 1.75. The van der Waals surface area contributed by atoms with E-state index in [2.05, 4.69) is 19.2 Å². The first-order valence-corrected chi connectivity index (χ1v) is 8.13. The van der Waals surface area contributed by atoms with E-state index in [0.717, 1.165) is 24.1 Å². The molecule has 2 saturated carbocycles. The fraction of sp³-hybridized carbons (Fsp3) is 0.556. The molecule has 2 aliphatic carbocycles. The maximum Gasteiger partial charge on any atom is 0.231 e. The topological polar surface area (TPSA) is 46.2 Å². The normalized spacial score (nSPS) is 32.3. The smallest absolute Gasteiger partial charge is 0.231 e. The molecule has 0 radical (unpaired) electrons. The van der Waals surface area contributed by atoms with Crippen molar-refractivity contribution in [3.8, 4) is 0 Å². The predicted octanol–water partition coefficient (Wildman–Crippen LogP) is 4.37. The minimum atomic E-state index is -0.604. The standard InChI is InChI=1S/C18H22ClNO2/c1-11-5-6-12(19)9-13(11)20-15(22)18-8-7-17(4,14(21)10-18)16(18,2)3/h5-6,9H,7-8,10H2,1-4H3,(H,20,22)/t17-,18+/m0/s1. The van der Waals surface area contributed by atoms with Gasteiger partial charge in [0, 0.05) is 22.5 Å². The van der Waals surface area contributed by atoms with Gasteiger partial charge in [0.2, 0.25) is 5.91 Å². The number of rotatable bonds is 2. The van der Waals surface area contributed by atoms with Crippen LogP contribution in [0.15, 0.2) is 18.2 Å². The highest BCUT2D eigenvalue weighted by molar-refractivity contribution is 6.31. The zero-order valence-corrected chi connectivity index (χ0v) is 14.3. The number of nitrogens with one attached hydrogen (secondary N) is 1. The molecule has 4 heteroatoms. The Morgan fingerprint density at radius 3 is 2.45 bits per heavy atom. The van der Waals surface area contributed by atoms with Crippen LogP contribution in [0.3, 0.4) is 0 Å². The first-order chi connectivity index (χ1) is 10.1. The van der Waals surface area contributed by atoms with Gasteiger partial charge in [0.1, 0.15) is 5.78 Å². The first kappa shape index (κ1) is 15.5. The van der Waals surface area contributed by atoms with E-state index in [1.165, 1.54) is 0 Å². The molecule has 2 aliphatic rings. The summed E-state index contributed by atoms with van der Waals surface area (Å²) < 4.78 is 0. The van der Waals surface area contributed by atoms with Gasteiger partial charge in [-0.25, -0.2) is 0 Å². The lowest BCUT2D eigenvalue weighted by Crippen LogP contribution is -2.43. The number of hydrogen-bond acceptors (Lipinski definition) is 2. The summed E-state index contributed by atoms with van der Waals surface area (Å²) >= 11 is 6.03. The number of ketones is 1. The molecule has 0 unspecified atom stereocenters. The summed E-state index contributed by atoms with van der Waals surface area (Å²) in [6.45, 7) is 8.08. The number of halogens is 1. The Labute approximate surface area is 136 Å². The highest BCUT2D eigenvalue weighted by Gasteiger charge is 2.72. The largest absolute Gasteiger partial charge is 0.325 e. The Balaban J connectivity index is 1.96. The lowest BCUT2D eigenvalue weighted by molar-refractivity contribution is -0.131. The molecule has 0 saturated heterocycles. The molecule has 1 amide bonds. The summed E-state index contributed by atoms with van der Waals surface area (Å²) in [6.07, 6.45) is 1.91. The molecule has 118 valence electrons. The number of fused-ring (bicyclic) bond motifs is 2. The number of aryl methyl sites for hydroxylation is 1. The summed E-state index contributed by atoms with van der Waals surface area (Å²) in [5.74, 6) is 0.180. The number of anilines is 1. The van der Waals surface area contributed by atoms with Gasteiger partial charge in [-0.15, -0.1) is 0 Å². The average molecular weight is 320 g/mol. The molecule has 2 fully saturated rings. The molecule has 1 aromatic carbocycles. The molecule has 0 spiro atoms. The van der Waals surface area contributed by atoms with Crippen molar-refractivity contribution in [2.75, 3.05) is 5.32 Å². The van der Waals surface area contributed by atoms with Crippen LogP contribution in [0.5, 0.6) is 0 Å². The highest BCUT2D eigenvalue weighted by atomic mass is 35.5. The molecule has 0 aromatic heterocycles. The molecule has 3 nitrogen and oxygen atoms in total. The second-order valence-electron chi connectivity index (χ2n) is 7.55. The molecule has 1 aromatic rings. The van der Waals surface area contributed by atoms with E-state index < -0.39 is 5.41 Å². The van der Waals surface area contributed by atoms with Crippen LogP contribution in [0, 0.1) is 23.2 Å². The van der Waals surface area contributed by atoms with Crippen LogP contribution in [0.25, 0.3) is 0 Å². The van der Waals surface area contributed by atoms with Crippen molar-refractivity contribution in [3.05, 3.63) is 28.8 Å². The Kier molecular flexibility index (Phi) is 3.23. The van der Waals surface area contributed by atoms with Gasteiger partial charge >= 0.3 is 0 Å². The number of benzene rings is 1. The van der Waals surface area contributed by atoms with Crippen molar-refractivity contribution < 1.29 is 9.59 Å². The fourth-order valence-corrected chi connectivity index (χ4v) is 4.50. The van der Waals surface area contributed by atoms with Gasteiger partial charge < -0.3 is 5.32 Å². The zero-order valence-electron chi connectivity index (χ0n) is 13.5. The Bertz CT molecular complexity index is 682. The summed E-state index contributed by atoms with van der Waals surface area (Å²) in [5.41, 5.74) is 0.391. The lowest BCUT2D eigenvalue weighted by Gasteiger charge is -2.38. The van der Waals surface area contributed by atoms with Crippen LogP contribution in [-0.2, 0) is 9.59 Å². The van der Waals surface area contributed by atoms with Crippen molar-refractivity contribution in [1.82, 2.24) is 0 Å². The molecular weight excluding hydrogens is 298 g/mol. The van der Waals surface area contributed by atoms with E-state index in [-0.39, 0.29) is 22.5 Å². The Morgan fingerprint density at radius 1 is 1.23 bits per heavy atom. The van der Waals surface area contributed by atoms with Crippen molar-refractivity contribution >= 4 is 29.0 Å². The molecule has 1 N–H and O–H groups in total. The van der Waals surface area contributed by atoms with Gasteiger partial charge in [0.25, 0.3) is 0 Å². The van der Waals surface area contributed by atoms with E-state index in [4.69, 9.17) is 11.6 Å². The van der Waals surface area contributed by atoms with Gasteiger partial charge in [-0.05, 0) is 42.9 Å². The highest BCUT2D eigenvalue weighted by Crippen LogP contribution is 2.70. The van der Waals surface area contributed by atoms with Crippen LogP contribution < -0.4 is 5.32 Å². The Hall–Kier alpha value is -1.35. The quantitative estimate of drug-likeness (QED) is 0.879. The summed E-state index contributed by atoms with van der Waals surface area (Å²) in [7, 11) is 0. The zero-order chi connectivity index (χ0) is 16.3. The summed E-state index contributed by atoms with van der Waals surface area (Å²) in [4.78, 5) is 25.5. The number of carbonyl (C=O) groups is 2. The van der Waals surface area contributed by atoms with Crippen LogP contribution >= 0.6 is 11.6 Å². The van der Waals surface area contributed by atoms with E-state index in [0.29, 0.717) is 11.4 Å². The third-order valence-corrected chi connectivity index (χ3v) is 6.82. The van der Waals surface area contributed by atoms with Crippen LogP contribution in [0.1, 0.15) is 45.6 Å². The van der Waals surface area contributed by atoms with Crippen molar-refractivity contribution in [1.29, 1.82) is 0 Å². The minimum Gasteiger partial charge on any atom is -0.325 e. The molecule has 0 aliphatic heterocycles. The summed E-state index contributed by atoms with van der Waals surface area (Å²) in [6, 6.07) is 5.46. The second kappa shape index (κ2) is 4.58. The van der Waals surface area contributed by atoms with E-state index in [1.807, 2.05) is 19.9 Å². The van der Waals surface area contributed by atoms with Crippen LogP contribution in [0.4, 0.5) is 5.69 Å². The van der Waals surface area contributed by atoms with Gasteiger partial charge in [0.15, 0.2) is 0 Å². The summed E-state index contributed by atoms with van der Waals surface area (Å²) in [5, 5.41) is 3.62. The molecule has 3 rings (SSSR count). The van der Waals surface area contributed by atoms with E-state index >= 15 is 0 Å². The first-order valence-electron chi connectivity index (χ1n) is 7.75. The molecule has 22 heavy (non-hydrogen) atoms. The Morgan fingerprint density at radius 2 is 1.91 bits per heavy atom. The second-order valence-corrected chi connectivity index (χ2v) is 7.99. The predicted molar refractivity (Wildman–Crippen MR) is 88.0 cm³/mol. The minimum absolute atomic E-state index is 0.0440. The average Bonchev–Trinajstić information content (AvgIpc) is 2.73. The number of amides is 1. The van der Waals surface area contributed by atoms with Crippen molar-refractivity contribution in [2.45, 2.75) is 47.0 Å². The molecule has 2 atom stereocenters. The third-order valence-electron chi connectivity index (χ3n) is 6.59. The van der Waals surface area contributed by atoms with Crippen LogP contribution in [0.2, 0.25) is 5.02 Å². The number of hydrogen-bond donors (Lipinski definition) is 1. The van der Waals surface area contributed by atoms with E-state index in [1.54, 1.807) is 12.1 Å². The van der Waals surface area contributed by atoms with Gasteiger partial charge in [0.05, 0.1) is 5.41 Å². The molecule has 2 bridgehead atoms. The SMILES string of the molecule is Cc1ccc(Cl)cc1NC(=O)[C@@]12CC[C@@](C)(C(=O)C1)C2(C)C. The monoisotopic (exact) mass is 319 g/mol. The van der Waals surface area contributed by atoms with Crippen molar-refractivity contribution in [3.63, 3.8) is 0 Å². The van der Waals surface area contributed by atoms with Crippen LogP contribution in [-0.4, -0.2) is 11.7 Å². The molecule has 0 heterocycles.